The molecule has 25 heavy (non-hydrogen) atoms. The third-order valence-electron chi connectivity index (χ3n) is 3.97. The average Bonchev–Trinajstić information content (AvgIpc) is 2.66. The Hall–Kier alpha value is -3.40. The summed E-state index contributed by atoms with van der Waals surface area (Å²) in [6.07, 6.45) is 0.808. The fourth-order valence-corrected chi connectivity index (χ4v) is 2.88. The molecule has 0 aliphatic heterocycles. The van der Waals surface area contributed by atoms with Gasteiger partial charge in [0.2, 0.25) is 0 Å². The number of hydrogen-bond donors (Lipinski definition) is 2. The lowest BCUT2D eigenvalue weighted by molar-refractivity contribution is -0.106. The molecule has 124 valence electrons. The number of aldehydes is 1. The zero-order valence-corrected chi connectivity index (χ0v) is 13.5. The van der Waals surface area contributed by atoms with Gasteiger partial charge in [-0.3, -0.25) is 0 Å². The van der Waals surface area contributed by atoms with Crippen molar-refractivity contribution in [1.29, 1.82) is 0 Å². The van der Waals surface area contributed by atoms with Gasteiger partial charge in [0.05, 0.1) is 12.1 Å². The van der Waals surface area contributed by atoms with Gasteiger partial charge < -0.3 is 15.2 Å². The number of benzene rings is 3. The molecule has 0 amide bonds. The van der Waals surface area contributed by atoms with Crippen molar-refractivity contribution in [1.82, 2.24) is 0 Å². The van der Waals surface area contributed by atoms with Crippen LogP contribution in [0, 0.1) is 0 Å². The molecule has 2 N–H and O–H groups in total. The highest BCUT2D eigenvalue weighted by atomic mass is 16.4. The topological polar surface area (TPSA) is 66.4 Å². The van der Waals surface area contributed by atoms with Gasteiger partial charge in [-0.2, -0.15) is 0 Å². The standard InChI is InChI=1S/C21H17NO3/c23-14-13-22-20-12-6-5-10-18(20)16-8-2-1-7-15(16)17-9-3-4-11-19(17)21(24)25/h1-12,14,22H,13H2,(H,24,25). The Bertz CT molecular complexity index is 918. The van der Waals surface area contributed by atoms with E-state index in [0.717, 1.165) is 28.7 Å². The maximum atomic E-state index is 11.6. The van der Waals surface area contributed by atoms with Crippen LogP contribution in [0.1, 0.15) is 10.4 Å². The molecule has 3 aromatic rings. The zero-order chi connectivity index (χ0) is 17.6. The van der Waals surface area contributed by atoms with Crippen LogP contribution in [0.25, 0.3) is 22.3 Å². The number of carbonyl (C=O) groups excluding carboxylic acids is 1. The van der Waals surface area contributed by atoms with Crippen LogP contribution < -0.4 is 5.32 Å². The Kier molecular flexibility index (Phi) is 4.90. The molecule has 0 atom stereocenters. The summed E-state index contributed by atoms with van der Waals surface area (Å²) < 4.78 is 0. The van der Waals surface area contributed by atoms with E-state index in [1.807, 2.05) is 60.7 Å². The van der Waals surface area contributed by atoms with Crippen molar-refractivity contribution in [2.24, 2.45) is 0 Å². The third kappa shape index (κ3) is 3.43. The monoisotopic (exact) mass is 331 g/mol. The second-order valence-corrected chi connectivity index (χ2v) is 5.49. The van der Waals surface area contributed by atoms with Gasteiger partial charge in [0.25, 0.3) is 0 Å². The third-order valence-corrected chi connectivity index (χ3v) is 3.97. The lowest BCUT2D eigenvalue weighted by atomic mass is 9.91. The van der Waals surface area contributed by atoms with E-state index in [9.17, 15) is 14.7 Å². The number of nitrogens with one attached hydrogen (secondary N) is 1. The molecule has 0 aliphatic carbocycles. The van der Waals surface area contributed by atoms with Gasteiger partial charge in [0.1, 0.15) is 6.29 Å². The van der Waals surface area contributed by atoms with Crippen molar-refractivity contribution in [3.8, 4) is 22.3 Å². The van der Waals surface area contributed by atoms with Gasteiger partial charge in [-0.15, -0.1) is 0 Å². The number of anilines is 1. The van der Waals surface area contributed by atoms with Gasteiger partial charge in [0, 0.05) is 11.3 Å². The Morgan fingerprint density at radius 2 is 1.32 bits per heavy atom. The van der Waals surface area contributed by atoms with Crippen LogP contribution in [0.4, 0.5) is 5.69 Å². The molecule has 3 rings (SSSR count). The Morgan fingerprint density at radius 3 is 1.96 bits per heavy atom. The first-order valence-electron chi connectivity index (χ1n) is 7.91. The van der Waals surface area contributed by atoms with E-state index in [0.29, 0.717) is 5.56 Å². The summed E-state index contributed by atoms with van der Waals surface area (Å²) in [6.45, 7) is 0.213. The number of aromatic carboxylic acids is 1. The van der Waals surface area contributed by atoms with E-state index in [1.165, 1.54) is 0 Å². The minimum Gasteiger partial charge on any atom is -0.478 e. The molecular weight excluding hydrogens is 314 g/mol. The van der Waals surface area contributed by atoms with Gasteiger partial charge >= 0.3 is 5.97 Å². The molecule has 0 fully saturated rings. The number of rotatable bonds is 6. The number of hydrogen-bond acceptors (Lipinski definition) is 3. The lowest BCUT2D eigenvalue weighted by Gasteiger charge is -2.15. The Balaban J connectivity index is 2.19. The highest BCUT2D eigenvalue weighted by molar-refractivity contribution is 6.00. The number of para-hydroxylation sites is 1. The number of carboxylic acid groups (broad SMARTS) is 1. The summed E-state index contributed by atoms with van der Waals surface area (Å²) in [4.78, 5) is 22.3. The lowest BCUT2D eigenvalue weighted by Crippen LogP contribution is -2.04. The van der Waals surface area contributed by atoms with Crippen LogP contribution in [0.3, 0.4) is 0 Å². The van der Waals surface area contributed by atoms with Gasteiger partial charge in [-0.1, -0.05) is 60.7 Å². The van der Waals surface area contributed by atoms with E-state index in [-0.39, 0.29) is 12.1 Å². The quantitative estimate of drug-likeness (QED) is 0.660. The summed E-state index contributed by atoms with van der Waals surface area (Å²) in [5, 5.41) is 12.6. The Labute approximate surface area is 145 Å². The molecule has 4 nitrogen and oxygen atoms in total. The van der Waals surface area contributed by atoms with Crippen molar-refractivity contribution in [2.45, 2.75) is 0 Å². The van der Waals surface area contributed by atoms with E-state index in [1.54, 1.807) is 12.1 Å². The minimum atomic E-state index is -0.960. The van der Waals surface area contributed by atoms with Crippen LogP contribution in [0.15, 0.2) is 72.8 Å². The van der Waals surface area contributed by atoms with E-state index in [4.69, 9.17) is 0 Å². The van der Waals surface area contributed by atoms with Crippen LogP contribution in [-0.2, 0) is 4.79 Å². The van der Waals surface area contributed by atoms with Gasteiger partial charge in [-0.25, -0.2) is 4.79 Å². The van der Waals surface area contributed by atoms with E-state index < -0.39 is 5.97 Å². The summed E-state index contributed by atoms with van der Waals surface area (Å²) in [5.74, 6) is -0.960. The van der Waals surface area contributed by atoms with Gasteiger partial charge in [0.15, 0.2) is 0 Å². The predicted octanol–water partition coefficient (Wildman–Crippen LogP) is 4.33. The number of carbonyl (C=O) groups is 2. The smallest absolute Gasteiger partial charge is 0.336 e. The highest BCUT2D eigenvalue weighted by Gasteiger charge is 2.15. The summed E-state index contributed by atoms with van der Waals surface area (Å²) in [6, 6.07) is 22.3. The fraction of sp³-hybridized carbons (Fsp3) is 0.0476. The van der Waals surface area contributed by atoms with Crippen LogP contribution in [0.5, 0.6) is 0 Å². The first-order valence-corrected chi connectivity index (χ1v) is 7.91. The van der Waals surface area contributed by atoms with E-state index >= 15 is 0 Å². The Morgan fingerprint density at radius 1 is 0.800 bits per heavy atom. The van der Waals surface area contributed by atoms with Crippen molar-refractivity contribution < 1.29 is 14.7 Å². The molecule has 0 unspecified atom stereocenters. The van der Waals surface area contributed by atoms with Crippen LogP contribution in [-0.4, -0.2) is 23.9 Å². The van der Waals surface area contributed by atoms with Crippen molar-refractivity contribution in [3.63, 3.8) is 0 Å². The molecule has 4 heteroatoms. The maximum absolute atomic E-state index is 11.6. The molecular formula is C21H17NO3. The summed E-state index contributed by atoms with van der Waals surface area (Å²) in [7, 11) is 0. The average molecular weight is 331 g/mol. The molecule has 0 heterocycles. The first-order chi connectivity index (χ1) is 12.2. The van der Waals surface area contributed by atoms with Crippen LogP contribution in [0.2, 0.25) is 0 Å². The van der Waals surface area contributed by atoms with E-state index in [2.05, 4.69) is 5.32 Å². The largest absolute Gasteiger partial charge is 0.478 e. The molecule has 0 aliphatic rings. The minimum absolute atomic E-state index is 0.213. The molecule has 0 radical (unpaired) electrons. The van der Waals surface area contributed by atoms with Crippen LogP contribution >= 0.6 is 0 Å². The molecule has 0 aromatic heterocycles. The SMILES string of the molecule is O=CCNc1ccccc1-c1ccccc1-c1ccccc1C(=O)O. The normalized spacial score (nSPS) is 10.2. The van der Waals surface area contributed by atoms with Crippen molar-refractivity contribution in [2.75, 3.05) is 11.9 Å². The predicted molar refractivity (Wildman–Crippen MR) is 98.8 cm³/mol. The highest BCUT2D eigenvalue weighted by Crippen LogP contribution is 2.37. The molecule has 0 bridgehead atoms. The van der Waals surface area contributed by atoms with Gasteiger partial charge in [-0.05, 0) is 28.8 Å². The second-order valence-electron chi connectivity index (χ2n) is 5.49. The second kappa shape index (κ2) is 7.45. The molecule has 3 aromatic carbocycles. The maximum Gasteiger partial charge on any atom is 0.336 e. The molecule has 0 saturated carbocycles. The molecule has 0 spiro atoms. The summed E-state index contributed by atoms with van der Waals surface area (Å²) in [5.41, 5.74) is 4.41. The van der Waals surface area contributed by atoms with Crippen molar-refractivity contribution >= 4 is 17.9 Å². The first kappa shape index (κ1) is 16.5. The fourth-order valence-electron chi connectivity index (χ4n) is 2.88. The molecule has 0 saturated heterocycles. The zero-order valence-electron chi connectivity index (χ0n) is 13.5. The summed E-state index contributed by atoms with van der Waals surface area (Å²) >= 11 is 0. The number of carboxylic acids is 1. The van der Waals surface area contributed by atoms with Crippen molar-refractivity contribution in [3.05, 3.63) is 78.4 Å².